The van der Waals surface area contributed by atoms with Crippen LogP contribution < -0.4 is 10.6 Å². The molecule has 2 N–H and O–H groups in total. The summed E-state index contributed by atoms with van der Waals surface area (Å²) in [6, 6.07) is 6.61. The molecule has 2 aromatic carbocycles. The van der Waals surface area contributed by atoms with Crippen molar-refractivity contribution in [2.75, 3.05) is 13.1 Å². The quantitative estimate of drug-likeness (QED) is 0.727. The Morgan fingerprint density at radius 1 is 1.04 bits per heavy atom. The van der Waals surface area contributed by atoms with Gasteiger partial charge in [-0.3, -0.25) is 4.79 Å². The normalized spacial score (nSPS) is 19.0. The zero-order valence-electron chi connectivity index (χ0n) is 15.0. The van der Waals surface area contributed by atoms with Gasteiger partial charge in [-0.15, -0.1) is 12.4 Å². The molecule has 0 radical (unpaired) electrons. The van der Waals surface area contributed by atoms with Crippen molar-refractivity contribution in [3.63, 3.8) is 0 Å². The highest BCUT2D eigenvalue weighted by molar-refractivity contribution is 5.85. The number of halogens is 5. The van der Waals surface area contributed by atoms with E-state index in [1.54, 1.807) is 0 Å². The van der Waals surface area contributed by atoms with Gasteiger partial charge in [0, 0.05) is 24.9 Å². The van der Waals surface area contributed by atoms with Crippen molar-refractivity contribution in [3.8, 4) is 0 Å². The van der Waals surface area contributed by atoms with Crippen LogP contribution in [0, 0.1) is 23.3 Å². The van der Waals surface area contributed by atoms with Crippen molar-refractivity contribution in [1.29, 1.82) is 0 Å². The zero-order valence-corrected chi connectivity index (χ0v) is 15.8. The van der Waals surface area contributed by atoms with Gasteiger partial charge in [-0.2, -0.15) is 0 Å². The molecule has 2 unspecified atom stereocenters. The number of nitrogens with one attached hydrogen (secondary N) is 2. The smallest absolute Gasteiger partial charge is 0.220 e. The molecule has 0 bridgehead atoms. The highest BCUT2D eigenvalue weighted by Gasteiger charge is 2.28. The van der Waals surface area contributed by atoms with Crippen LogP contribution >= 0.6 is 12.4 Å². The Labute approximate surface area is 166 Å². The predicted molar refractivity (Wildman–Crippen MR) is 100 cm³/mol. The lowest BCUT2D eigenvalue weighted by molar-refractivity contribution is -0.122. The Morgan fingerprint density at radius 3 is 2.54 bits per heavy atom. The first kappa shape index (κ1) is 22.2. The van der Waals surface area contributed by atoms with Crippen LogP contribution in [0.4, 0.5) is 17.6 Å². The number of aryl methyl sites for hydroxylation is 1. The van der Waals surface area contributed by atoms with Gasteiger partial charge in [0.15, 0.2) is 11.6 Å². The molecule has 1 aliphatic heterocycles. The largest absolute Gasteiger partial charge is 0.351 e. The fourth-order valence-electron chi connectivity index (χ4n) is 3.41. The van der Waals surface area contributed by atoms with Crippen molar-refractivity contribution >= 4 is 18.3 Å². The first-order chi connectivity index (χ1) is 12.9. The SMILES string of the molecule is Cl.O=C(CCc1cc(F)ccc1F)NC1CNCCC1c1ccc(F)c(F)c1. The summed E-state index contributed by atoms with van der Waals surface area (Å²) >= 11 is 0. The van der Waals surface area contributed by atoms with E-state index in [1.165, 1.54) is 6.07 Å². The standard InChI is InChI=1S/C20H20F4N2O.ClH/c21-14-3-5-16(22)13(9-14)2-6-20(27)26-19-11-25-8-7-15(19)12-1-4-17(23)18(24)10-12;/h1,3-5,9-10,15,19,25H,2,6-8,11H2,(H,26,27);1H. The second-order valence-electron chi connectivity index (χ2n) is 6.68. The first-order valence-corrected chi connectivity index (χ1v) is 8.83. The molecule has 152 valence electrons. The Balaban J connectivity index is 0.00000280. The van der Waals surface area contributed by atoms with E-state index in [1.807, 2.05) is 0 Å². The fourth-order valence-corrected chi connectivity index (χ4v) is 3.41. The molecular weight excluding hydrogens is 396 g/mol. The van der Waals surface area contributed by atoms with E-state index < -0.39 is 23.3 Å². The number of piperidine rings is 1. The lowest BCUT2D eigenvalue weighted by Crippen LogP contribution is -2.50. The minimum absolute atomic E-state index is 0. The first-order valence-electron chi connectivity index (χ1n) is 8.83. The fraction of sp³-hybridized carbons (Fsp3) is 0.350. The van der Waals surface area contributed by atoms with Crippen LogP contribution in [0.5, 0.6) is 0 Å². The maximum Gasteiger partial charge on any atom is 0.220 e. The van der Waals surface area contributed by atoms with Crippen LogP contribution in [0.25, 0.3) is 0 Å². The van der Waals surface area contributed by atoms with E-state index in [0.29, 0.717) is 25.1 Å². The molecule has 8 heteroatoms. The molecule has 2 atom stereocenters. The number of carbonyl (C=O) groups is 1. The third-order valence-electron chi connectivity index (χ3n) is 4.83. The summed E-state index contributed by atoms with van der Waals surface area (Å²) in [5.41, 5.74) is 0.765. The highest BCUT2D eigenvalue weighted by Crippen LogP contribution is 2.27. The monoisotopic (exact) mass is 416 g/mol. The predicted octanol–water partition coefficient (Wildman–Crippen LogP) is 3.86. The molecule has 2 aromatic rings. The maximum atomic E-state index is 13.7. The number of benzene rings is 2. The van der Waals surface area contributed by atoms with Crippen LogP contribution in [0.2, 0.25) is 0 Å². The molecule has 0 saturated carbocycles. The Kier molecular flexibility index (Phi) is 7.83. The van der Waals surface area contributed by atoms with Gasteiger partial charge in [0.2, 0.25) is 5.91 Å². The van der Waals surface area contributed by atoms with E-state index in [9.17, 15) is 22.4 Å². The zero-order chi connectivity index (χ0) is 19.4. The molecule has 1 heterocycles. The van der Waals surface area contributed by atoms with Crippen molar-refractivity contribution < 1.29 is 22.4 Å². The average molecular weight is 417 g/mol. The van der Waals surface area contributed by atoms with E-state index >= 15 is 0 Å². The molecule has 3 nitrogen and oxygen atoms in total. The van der Waals surface area contributed by atoms with Crippen LogP contribution in [-0.4, -0.2) is 25.0 Å². The summed E-state index contributed by atoms with van der Waals surface area (Å²) in [5, 5.41) is 6.04. The van der Waals surface area contributed by atoms with Crippen LogP contribution in [-0.2, 0) is 11.2 Å². The summed E-state index contributed by atoms with van der Waals surface area (Å²) in [5.74, 6) is -3.40. The average Bonchev–Trinajstić information content (AvgIpc) is 2.65. The number of hydrogen-bond donors (Lipinski definition) is 2. The van der Waals surface area contributed by atoms with Gasteiger partial charge in [-0.1, -0.05) is 6.07 Å². The molecule has 1 aliphatic rings. The third-order valence-corrected chi connectivity index (χ3v) is 4.83. The summed E-state index contributed by atoms with van der Waals surface area (Å²) in [4.78, 5) is 12.3. The van der Waals surface area contributed by atoms with Crippen LogP contribution in [0.3, 0.4) is 0 Å². The second kappa shape index (κ2) is 9.89. The van der Waals surface area contributed by atoms with Crippen molar-refractivity contribution in [1.82, 2.24) is 10.6 Å². The molecule has 1 fully saturated rings. The number of rotatable bonds is 5. The highest BCUT2D eigenvalue weighted by atomic mass is 35.5. The molecule has 3 rings (SSSR count). The maximum absolute atomic E-state index is 13.7. The molecular formula is C20H21ClF4N2O. The lowest BCUT2D eigenvalue weighted by Gasteiger charge is -2.33. The van der Waals surface area contributed by atoms with Gasteiger partial charge in [-0.05, 0) is 60.8 Å². The second-order valence-corrected chi connectivity index (χ2v) is 6.68. The van der Waals surface area contributed by atoms with E-state index in [-0.39, 0.29) is 48.7 Å². The number of amides is 1. The summed E-state index contributed by atoms with van der Waals surface area (Å²) in [6.07, 6.45) is 0.737. The van der Waals surface area contributed by atoms with E-state index in [2.05, 4.69) is 10.6 Å². The Hall–Kier alpha value is -2.12. The van der Waals surface area contributed by atoms with E-state index in [4.69, 9.17) is 0 Å². The minimum Gasteiger partial charge on any atom is -0.351 e. The number of hydrogen-bond acceptors (Lipinski definition) is 2. The van der Waals surface area contributed by atoms with Crippen molar-refractivity contribution in [2.45, 2.75) is 31.2 Å². The van der Waals surface area contributed by atoms with Gasteiger partial charge >= 0.3 is 0 Å². The molecule has 1 saturated heterocycles. The summed E-state index contributed by atoms with van der Waals surface area (Å²) in [7, 11) is 0. The van der Waals surface area contributed by atoms with Gasteiger partial charge < -0.3 is 10.6 Å². The van der Waals surface area contributed by atoms with Gasteiger partial charge in [0.1, 0.15) is 11.6 Å². The molecule has 28 heavy (non-hydrogen) atoms. The molecule has 1 amide bonds. The van der Waals surface area contributed by atoms with Gasteiger partial charge in [-0.25, -0.2) is 17.6 Å². The third kappa shape index (κ3) is 5.45. The lowest BCUT2D eigenvalue weighted by atomic mass is 9.86. The van der Waals surface area contributed by atoms with Gasteiger partial charge in [0.25, 0.3) is 0 Å². The molecule has 0 spiro atoms. The van der Waals surface area contributed by atoms with Gasteiger partial charge in [0.05, 0.1) is 0 Å². The van der Waals surface area contributed by atoms with Crippen molar-refractivity contribution in [2.24, 2.45) is 0 Å². The minimum atomic E-state index is -0.919. The van der Waals surface area contributed by atoms with E-state index in [0.717, 1.165) is 30.3 Å². The molecule has 0 aliphatic carbocycles. The Bertz CT molecular complexity index is 834. The number of carbonyl (C=O) groups excluding carboxylic acids is 1. The molecule has 0 aromatic heterocycles. The van der Waals surface area contributed by atoms with Crippen LogP contribution in [0.1, 0.15) is 29.9 Å². The summed E-state index contributed by atoms with van der Waals surface area (Å²) in [6.45, 7) is 1.19. The Morgan fingerprint density at radius 2 is 1.79 bits per heavy atom. The topological polar surface area (TPSA) is 41.1 Å². The van der Waals surface area contributed by atoms with Crippen molar-refractivity contribution in [3.05, 3.63) is 70.8 Å². The summed E-state index contributed by atoms with van der Waals surface area (Å²) < 4.78 is 53.6. The van der Waals surface area contributed by atoms with Crippen LogP contribution in [0.15, 0.2) is 36.4 Å².